The van der Waals surface area contributed by atoms with Crippen molar-refractivity contribution in [1.29, 1.82) is 0 Å². The van der Waals surface area contributed by atoms with Gasteiger partial charge in [-0.1, -0.05) is 36.4 Å². The topological polar surface area (TPSA) is 83.7 Å². The molecule has 0 spiro atoms. The molecule has 3 rings (SSSR count). The quantitative estimate of drug-likeness (QED) is 0.443. The van der Waals surface area contributed by atoms with Crippen molar-refractivity contribution in [1.82, 2.24) is 5.43 Å². The molecule has 0 aliphatic carbocycles. The molecule has 0 unspecified atom stereocenters. The third-order valence-corrected chi connectivity index (χ3v) is 3.15. The number of benzene rings is 2. The molecule has 1 aromatic heterocycles. The molecular formula is C17H13N3O3. The molecule has 3 aromatic rings. The summed E-state index contributed by atoms with van der Waals surface area (Å²) in [7, 11) is 0. The molecule has 1 heterocycles. The Kier molecular flexibility index (Phi) is 4.15. The highest BCUT2D eigenvalue weighted by atomic mass is 16.3. The lowest BCUT2D eigenvalue weighted by molar-refractivity contribution is -0.136. The van der Waals surface area contributed by atoms with Crippen molar-refractivity contribution in [2.75, 3.05) is 5.32 Å². The second kappa shape index (κ2) is 6.57. The standard InChI is InChI=1S/C17H13N3O3/c21-16(17(22)20-18-11-13-7-4-10-23-13)19-15-9-3-6-12-5-1-2-8-14(12)15/h1-11H,(H,19,21)(H,20,22)/b18-11+. The lowest BCUT2D eigenvalue weighted by Crippen LogP contribution is -2.32. The van der Waals surface area contributed by atoms with Crippen LogP contribution in [0.15, 0.2) is 70.4 Å². The largest absolute Gasteiger partial charge is 0.463 e. The number of hydrogen-bond donors (Lipinski definition) is 2. The first-order valence-electron chi connectivity index (χ1n) is 6.90. The summed E-state index contributed by atoms with van der Waals surface area (Å²) in [5, 5.41) is 8.07. The zero-order chi connectivity index (χ0) is 16.1. The molecular weight excluding hydrogens is 294 g/mol. The molecule has 0 aliphatic rings. The maximum absolute atomic E-state index is 11.9. The molecule has 0 fully saturated rings. The SMILES string of the molecule is O=C(N/N=C/c1ccco1)C(=O)Nc1cccc2ccccc12. The fourth-order valence-corrected chi connectivity index (χ4v) is 2.08. The van der Waals surface area contributed by atoms with Crippen LogP contribution in [0.4, 0.5) is 5.69 Å². The van der Waals surface area contributed by atoms with E-state index in [0.717, 1.165) is 10.8 Å². The minimum atomic E-state index is -0.860. The summed E-state index contributed by atoms with van der Waals surface area (Å²) in [6, 6.07) is 16.4. The highest BCUT2D eigenvalue weighted by Crippen LogP contribution is 2.22. The molecule has 6 nitrogen and oxygen atoms in total. The average Bonchev–Trinajstić information content (AvgIpc) is 3.08. The number of nitrogens with one attached hydrogen (secondary N) is 2. The van der Waals surface area contributed by atoms with Gasteiger partial charge in [-0.15, -0.1) is 0 Å². The van der Waals surface area contributed by atoms with E-state index in [1.54, 1.807) is 18.2 Å². The van der Waals surface area contributed by atoms with Crippen LogP contribution in [0.2, 0.25) is 0 Å². The molecule has 2 aromatic carbocycles. The number of nitrogens with zero attached hydrogens (tertiary/aromatic N) is 1. The van der Waals surface area contributed by atoms with Gasteiger partial charge < -0.3 is 9.73 Å². The van der Waals surface area contributed by atoms with Gasteiger partial charge in [0, 0.05) is 11.1 Å². The van der Waals surface area contributed by atoms with E-state index in [4.69, 9.17) is 4.42 Å². The van der Waals surface area contributed by atoms with Gasteiger partial charge in [0.25, 0.3) is 0 Å². The van der Waals surface area contributed by atoms with Crippen molar-refractivity contribution in [3.05, 3.63) is 66.6 Å². The number of rotatable bonds is 3. The van der Waals surface area contributed by atoms with Gasteiger partial charge in [0.1, 0.15) is 5.76 Å². The molecule has 0 bridgehead atoms. The fourth-order valence-electron chi connectivity index (χ4n) is 2.08. The number of hydrazone groups is 1. The molecule has 114 valence electrons. The van der Waals surface area contributed by atoms with Gasteiger partial charge in [-0.2, -0.15) is 5.10 Å². The van der Waals surface area contributed by atoms with E-state index in [0.29, 0.717) is 11.4 Å². The third kappa shape index (κ3) is 3.44. The zero-order valence-electron chi connectivity index (χ0n) is 12.0. The van der Waals surface area contributed by atoms with E-state index in [-0.39, 0.29) is 0 Å². The second-order valence-corrected chi connectivity index (χ2v) is 4.70. The van der Waals surface area contributed by atoms with Crippen molar-refractivity contribution >= 4 is 34.5 Å². The number of hydrogen-bond acceptors (Lipinski definition) is 4. The fraction of sp³-hybridized carbons (Fsp3) is 0. The van der Waals surface area contributed by atoms with Crippen LogP contribution in [0.3, 0.4) is 0 Å². The lowest BCUT2D eigenvalue weighted by atomic mass is 10.1. The van der Waals surface area contributed by atoms with E-state index >= 15 is 0 Å². The van der Waals surface area contributed by atoms with Crippen LogP contribution in [0, 0.1) is 0 Å². The van der Waals surface area contributed by atoms with Crippen LogP contribution in [0.25, 0.3) is 10.8 Å². The smallest absolute Gasteiger partial charge is 0.329 e. The van der Waals surface area contributed by atoms with Gasteiger partial charge >= 0.3 is 11.8 Å². The van der Waals surface area contributed by atoms with Gasteiger partial charge in [0.2, 0.25) is 0 Å². The summed E-state index contributed by atoms with van der Waals surface area (Å²) in [4.78, 5) is 23.7. The van der Waals surface area contributed by atoms with Crippen molar-refractivity contribution in [3.63, 3.8) is 0 Å². The van der Waals surface area contributed by atoms with E-state index in [1.807, 2.05) is 36.4 Å². The number of furan rings is 1. The Morgan fingerprint density at radius 2 is 1.78 bits per heavy atom. The Hall–Kier alpha value is -3.41. The summed E-state index contributed by atoms with van der Waals surface area (Å²) in [6.45, 7) is 0. The number of fused-ring (bicyclic) bond motifs is 1. The van der Waals surface area contributed by atoms with Gasteiger partial charge in [-0.25, -0.2) is 5.43 Å². The minimum absolute atomic E-state index is 0.472. The third-order valence-electron chi connectivity index (χ3n) is 3.15. The Morgan fingerprint density at radius 1 is 0.957 bits per heavy atom. The maximum atomic E-state index is 11.9. The molecule has 23 heavy (non-hydrogen) atoms. The predicted octanol–water partition coefficient (Wildman–Crippen LogP) is 2.52. The molecule has 2 N–H and O–H groups in total. The Morgan fingerprint density at radius 3 is 2.61 bits per heavy atom. The van der Waals surface area contributed by atoms with E-state index < -0.39 is 11.8 Å². The van der Waals surface area contributed by atoms with E-state index in [1.165, 1.54) is 12.5 Å². The van der Waals surface area contributed by atoms with Gasteiger partial charge in [0.05, 0.1) is 12.5 Å². The number of amides is 2. The molecule has 0 atom stereocenters. The van der Waals surface area contributed by atoms with Crippen LogP contribution in [0.1, 0.15) is 5.76 Å². The predicted molar refractivity (Wildman–Crippen MR) is 87.0 cm³/mol. The maximum Gasteiger partial charge on any atom is 0.329 e. The Bertz CT molecular complexity index is 864. The number of carbonyl (C=O) groups excluding carboxylic acids is 2. The van der Waals surface area contributed by atoms with Crippen LogP contribution in [-0.2, 0) is 9.59 Å². The van der Waals surface area contributed by atoms with Crippen molar-refractivity contribution < 1.29 is 14.0 Å². The van der Waals surface area contributed by atoms with Crippen molar-refractivity contribution in [2.24, 2.45) is 5.10 Å². The molecule has 0 saturated carbocycles. The van der Waals surface area contributed by atoms with Crippen LogP contribution >= 0.6 is 0 Å². The average molecular weight is 307 g/mol. The first-order chi connectivity index (χ1) is 11.2. The molecule has 6 heteroatoms. The second-order valence-electron chi connectivity index (χ2n) is 4.70. The summed E-state index contributed by atoms with van der Waals surface area (Å²) in [5.74, 6) is -1.18. The normalized spacial score (nSPS) is 10.8. The molecule has 0 saturated heterocycles. The number of anilines is 1. The highest BCUT2D eigenvalue weighted by molar-refractivity contribution is 6.40. The summed E-state index contributed by atoms with van der Waals surface area (Å²) in [5.41, 5.74) is 2.72. The molecule has 2 amide bonds. The van der Waals surface area contributed by atoms with E-state index in [2.05, 4.69) is 15.8 Å². The van der Waals surface area contributed by atoms with Crippen LogP contribution in [0.5, 0.6) is 0 Å². The van der Waals surface area contributed by atoms with Crippen molar-refractivity contribution in [2.45, 2.75) is 0 Å². The van der Waals surface area contributed by atoms with E-state index in [9.17, 15) is 9.59 Å². The summed E-state index contributed by atoms with van der Waals surface area (Å²) >= 11 is 0. The number of carbonyl (C=O) groups is 2. The van der Waals surface area contributed by atoms with Crippen LogP contribution in [-0.4, -0.2) is 18.0 Å². The van der Waals surface area contributed by atoms with Gasteiger partial charge in [0.15, 0.2) is 0 Å². The lowest BCUT2D eigenvalue weighted by Gasteiger charge is -2.07. The van der Waals surface area contributed by atoms with Gasteiger partial charge in [-0.3, -0.25) is 9.59 Å². The first kappa shape index (κ1) is 14.5. The summed E-state index contributed by atoms with van der Waals surface area (Å²) < 4.78 is 5.02. The monoisotopic (exact) mass is 307 g/mol. The first-order valence-corrected chi connectivity index (χ1v) is 6.90. The zero-order valence-corrected chi connectivity index (χ0v) is 12.0. The summed E-state index contributed by atoms with van der Waals surface area (Å²) in [6.07, 6.45) is 2.79. The molecule has 0 aliphatic heterocycles. The Balaban J connectivity index is 1.67. The Labute approximate surface area is 131 Å². The minimum Gasteiger partial charge on any atom is -0.463 e. The van der Waals surface area contributed by atoms with Crippen LogP contribution < -0.4 is 10.7 Å². The van der Waals surface area contributed by atoms with Gasteiger partial charge in [-0.05, 0) is 23.6 Å². The molecule has 0 radical (unpaired) electrons. The highest BCUT2D eigenvalue weighted by Gasteiger charge is 2.14. The van der Waals surface area contributed by atoms with Crippen molar-refractivity contribution in [3.8, 4) is 0 Å².